The Kier molecular flexibility index (Phi) is 4.50. The lowest BCUT2D eigenvalue weighted by atomic mass is 9.73. The van der Waals surface area contributed by atoms with E-state index in [0.717, 1.165) is 17.7 Å². The minimum absolute atomic E-state index is 0.0437. The average Bonchev–Trinajstić information content (AvgIpc) is 3.19. The molecule has 5 heteroatoms. The number of rotatable bonds is 4. The van der Waals surface area contributed by atoms with E-state index in [2.05, 4.69) is 17.4 Å². The largest absolute Gasteiger partial charge is 0.381 e. The molecule has 2 aliphatic rings. The fraction of sp³-hybridized carbons (Fsp3) is 0.391. The molecule has 0 aromatic heterocycles. The van der Waals surface area contributed by atoms with Crippen LogP contribution in [0.4, 0.5) is 5.69 Å². The third-order valence-corrected chi connectivity index (χ3v) is 6.09. The first kappa shape index (κ1) is 18.7. The van der Waals surface area contributed by atoms with E-state index in [1.165, 1.54) is 19.4 Å². The maximum Gasteiger partial charge on any atom is 0.254 e. The van der Waals surface area contributed by atoms with Crippen LogP contribution in [0.5, 0.6) is 0 Å². The third-order valence-electron chi connectivity index (χ3n) is 6.09. The molecule has 2 aliphatic heterocycles. The van der Waals surface area contributed by atoms with Crippen LogP contribution in [0.15, 0.2) is 54.6 Å². The number of fused-ring (bicyclic) bond motifs is 2. The molecule has 1 spiro atoms. The summed E-state index contributed by atoms with van der Waals surface area (Å²) in [4.78, 5) is 27.9. The van der Waals surface area contributed by atoms with Crippen molar-refractivity contribution in [3.05, 3.63) is 65.7 Å². The molecule has 1 fully saturated rings. The molecule has 2 atom stereocenters. The summed E-state index contributed by atoms with van der Waals surface area (Å²) < 4.78 is 0. The zero-order chi connectivity index (χ0) is 19.9. The average molecular weight is 378 g/mol. The van der Waals surface area contributed by atoms with Crippen molar-refractivity contribution >= 4 is 17.5 Å². The van der Waals surface area contributed by atoms with E-state index >= 15 is 0 Å². The molecule has 0 aliphatic carbocycles. The number of hydrogen-bond acceptors (Lipinski definition) is 3. The van der Waals surface area contributed by atoms with Crippen molar-refractivity contribution in [3.63, 3.8) is 0 Å². The Hall–Kier alpha value is -2.66. The fourth-order valence-electron chi connectivity index (χ4n) is 4.75. The smallest absolute Gasteiger partial charge is 0.254 e. The summed E-state index contributed by atoms with van der Waals surface area (Å²) in [6.45, 7) is 3.48. The highest BCUT2D eigenvalue weighted by molar-refractivity contribution is 6.07. The monoisotopic (exact) mass is 378 g/mol. The summed E-state index contributed by atoms with van der Waals surface area (Å²) in [5.74, 6) is -0.363. The number of nitrogens with zero attached hydrogens (tertiary/aromatic N) is 1. The van der Waals surface area contributed by atoms with Gasteiger partial charge in [0.05, 0.1) is 11.5 Å². The van der Waals surface area contributed by atoms with Crippen LogP contribution in [0.2, 0.25) is 0 Å². The lowest BCUT2D eigenvalue weighted by molar-refractivity contribution is -0.149. The van der Waals surface area contributed by atoms with E-state index in [4.69, 9.17) is 0 Å². The standard InChI is InChI=1S/C23H26N2O3/c1-22(2,28)21(27)25-15-14-23(17-10-6-7-11-18(17)24-20(23)26)19(25)13-12-16-8-4-3-5-9-16/h3-11,19,28H,12-15H2,1-2H3,(H,24,26)/t19-,23+/m0/s1. The number of para-hydroxylation sites is 1. The van der Waals surface area contributed by atoms with Gasteiger partial charge in [-0.3, -0.25) is 9.59 Å². The Balaban J connectivity index is 1.73. The van der Waals surface area contributed by atoms with E-state index < -0.39 is 11.0 Å². The van der Waals surface area contributed by atoms with Crippen molar-refractivity contribution in [3.8, 4) is 0 Å². The van der Waals surface area contributed by atoms with E-state index in [1.807, 2.05) is 42.5 Å². The lowest BCUT2D eigenvalue weighted by Crippen LogP contribution is -2.53. The van der Waals surface area contributed by atoms with Gasteiger partial charge in [-0.2, -0.15) is 0 Å². The first-order valence-electron chi connectivity index (χ1n) is 9.82. The summed E-state index contributed by atoms with van der Waals surface area (Å²) in [5, 5.41) is 13.4. The maximum absolute atomic E-state index is 13.2. The summed E-state index contributed by atoms with van der Waals surface area (Å²) in [6, 6.07) is 17.5. The molecular formula is C23H26N2O3. The molecule has 2 heterocycles. The van der Waals surface area contributed by atoms with E-state index in [9.17, 15) is 14.7 Å². The molecule has 2 aromatic rings. The molecule has 2 aromatic carbocycles. The number of benzene rings is 2. The van der Waals surface area contributed by atoms with Gasteiger partial charge in [0, 0.05) is 12.2 Å². The van der Waals surface area contributed by atoms with Crippen molar-refractivity contribution in [2.45, 2.75) is 50.2 Å². The van der Waals surface area contributed by atoms with Gasteiger partial charge in [-0.1, -0.05) is 48.5 Å². The summed E-state index contributed by atoms with van der Waals surface area (Å²) in [6.07, 6.45) is 1.99. The van der Waals surface area contributed by atoms with Gasteiger partial charge in [0.25, 0.3) is 5.91 Å². The Morgan fingerprint density at radius 3 is 2.57 bits per heavy atom. The second kappa shape index (κ2) is 6.74. The van der Waals surface area contributed by atoms with Crippen LogP contribution in [0.1, 0.15) is 37.8 Å². The Morgan fingerprint density at radius 2 is 1.86 bits per heavy atom. The number of aryl methyl sites for hydroxylation is 1. The van der Waals surface area contributed by atoms with Crippen LogP contribution in [-0.2, 0) is 21.4 Å². The van der Waals surface area contributed by atoms with Crippen molar-refractivity contribution in [2.75, 3.05) is 11.9 Å². The fourth-order valence-corrected chi connectivity index (χ4v) is 4.75. The first-order valence-corrected chi connectivity index (χ1v) is 9.82. The zero-order valence-electron chi connectivity index (χ0n) is 16.3. The molecule has 0 radical (unpaired) electrons. The number of carbonyl (C=O) groups excluding carboxylic acids is 2. The molecule has 1 saturated heterocycles. The molecular weight excluding hydrogens is 352 g/mol. The highest BCUT2D eigenvalue weighted by Crippen LogP contribution is 2.49. The quantitative estimate of drug-likeness (QED) is 0.860. The van der Waals surface area contributed by atoms with Gasteiger partial charge >= 0.3 is 0 Å². The van der Waals surface area contributed by atoms with Crippen LogP contribution in [0.25, 0.3) is 0 Å². The predicted molar refractivity (Wildman–Crippen MR) is 108 cm³/mol. The number of hydrogen-bond donors (Lipinski definition) is 2. The van der Waals surface area contributed by atoms with Crippen LogP contribution < -0.4 is 5.32 Å². The highest BCUT2D eigenvalue weighted by Gasteiger charge is 2.59. The summed E-state index contributed by atoms with van der Waals surface area (Å²) >= 11 is 0. The molecule has 2 N–H and O–H groups in total. The van der Waals surface area contributed by atoms with Gasteiger partial charge < -0.3 is 15.3 Å². The van der Waals surface area contributed by atoms with Gasteiger partial charge in [0.1, 0.15) is 5.60 Å². The maximum atomic E-state index is 13.2. The zero-order valence-corrected chi connectivity index (χ0v) is 16.3. The minimum Gasteiger partial charge on any atom is -0.381 e. The van der Waals surface area contributed by atoms with Gasteiger partial charge in [0.15, 0.2) is 0 Å². The Morgan fingerprint density at radius 1 is 1.18 bits per heavy atom. The van der Waals surface area contributed by atoms with Crippen molar-refractivity contribution in [1.29, 1.82) is 0 Å². The molecule has 0 saturated carbocycles. The topological polar surface area (TPSA) is 69.6 Å². The molecule has 2 amide bonds. The van der Waals surface area contributed by atoms with Gasteiger partial charge in [0.2, 0.25) is 5.91 Å². The SMILES string of the molecule is CC(C)(O)C(=O)N1CC[C@]2(C(=O)Nc3ccccc32)[C@@H]1CCc1ccccc1. The minimum atomic E-state index is -1.47. The highest BCUT2D eigenvalue weighted by atomic mass is 16.3. The second-order valence-electron chi connectivity index (χ2n) is 8.32. The normalized spacial score (nSPS) is 23.8. The molecule has 146 valence electrons. The van der Waals surface area contributed by atoms with Crippen LogP contribution in [0.3, 0.4) is 0 Å². The van der Waals surface area contributed by atoms with Gasteiger partial charge in [-0.25, -0.2) is 0 Å². The van der Waals surface area contributed by atoms with Crippen molar-refractivity contribution in [1.82, 2.24) is 4.90 Å². The molecule has 28 heavy (non-hydrogen) atoms. The molecule has 5 nitrogen and oxygen atoms in total. The Labute approximate surface area is 165 Å². The van der Waals surface area contributed by atoms with Gasteiger partial charge in [-0.05, 0) is 50.3 Å². The summed E-state index contributed by atoms with van der Waals surface area (Å²) in [5.41, 5.74) is 0.739. The third kappa shape index (κ3) is 2.90. The van der Waals surface area contributed by atoms with E-state index in [1.54, 1.807) is 4.90 Å². The van der Waals surface area contributed by atoms with Crippen LogP contribution >= 0.6 is 0 Å². The number of aliphatic hydroxyl groups is 1. The number of likely N-dealkylation sites (tertiary alicyclic amines) is 1. The predicted octanol–water partition coefficient (Wildman–Crippen LogP) is 2.88. The van der Waals surface area contributed by atoms with Crippen molar-refractivity contribution in [2.24, 2.45) is 0 Å². The molecule has 4 rings (SSSR count). The van der Waals surface area contributed by atoms with Crippen LogP contribution in [0, 0.1) is 0 Å². The number of anilines is 1. The lowest BCUT2D eigenvalue weighted by Gasteiger charge is -2.36. The molecule has 0 bridgehead atoms. The van der Waals surface area contributed by atoms with Crippen molar-refractivity contribution < 1.29 is 14.7 Å². The van der Waals surface area contributed by atoms with Crippen LogP contribution in [-0.4, -0.2) is 40.0 Å². The first-order chi connectivity index (χ1) is 13.3. The number of carbonyl (C=O) groups is 2. The van der Waals surface area contributed by atoms with Gasteiger partial charge in [-0.15, -0.1) is 0 Å². The Bertz CT molecular complexity index is 904. The second-order valence-corrected chi connectivity index (χ2v) is 8.32. The molecule has 0 unspecified atom stereocenters. The van der Waals surface area contributed by atoms with E-state index in [-0.39, 0.29) is 17.9 Å². The summed E-state index contributed by atoms with van der Waals surface area (Å²) in [7, 11) is 0. The number of amides is 2. The number of nitrogens with one attached hydrogen (secondary N) is 1. The van der Waals surface area contributed by atoms with E-state index in [0.29, 0.717) is 19.4 Å².